The average Bonchev–Trinajstić information content (AvgIpc) is 2.42. The van der Waals surface area contributed by atoms with Gasteiger partial charge in [0, 0.05) is 13.1 Å². The van der Waals surface area contributed by atoms with Crippen molar-refractivity contribution in [1.29, 1.82) is 0 Å². The lowest BCUT2D eigenvalue weighted by molar-refractivity contribution is 0.0371. The zero-order chi connectivity index (χ0) is 12.9. The zero-order valence-electron chi connectivity index (χ0n) is 11.5. The van der Waals surface area contributed by atoms with Crippen LogP contribution in [0, 0.1) is 0 Å². The second kappa shape index (κ2) is 11.5. The van der Waals surface area contributed by atoms with E-state index < -0.39 is 0 Å². The molecule has 0 radical (unpaired) electrons. The first kappa shape index (κ1) is 15.4. The number of hydrogen-bond acceptors (Lipinski definition) is 3. The van der Waals surface area contributed by atoms with E-state index >= 15 is 0 Å². The van der Waals surface area contributed by atoms with Gasteiger partial charge in [0.25, 0.3) is 0 Å². The summed E-state index contributed by atoms with van der Waals surface area (Å²) in [6.07, 6.45) is 11.6. The Hall–Kier alpha value is -0.630. The van der Waals surface area contributed by atoms with Crippen molar-refractivity contribution in [2.75, 3.05) is 32.8 Å². The topological polar surface area (TPSA) is 29.5 Å². The van der Waals surface area contributed by atoms with Gasteiger partial charge in [0.2, 0.25) is 0 Å². The van der Waals surface area contributed by atoms with Crippen LogP contribution in [-0.4, -0.2) is 43.7 Å². The molecule has 0 bridgehead atoms. The largest absolute Gasteiger partial charge is 0.379 e. The Balaban J connectivity index is 1.76. The van der Waals surface area contributed by atoms with Crippen molar-refractivity contribution in [3.63, 3.8) is 0 Å². The van der Waals surface area contributed by atoms with E-state index in [1.54, 1.807) is 6.08 Å². The molecule has 3 heteroatoms. The van der Waals surface area contributed by atoms with Gasteiger partial charge in [-0.05, 0) is 31.9 Å². The molecule has 3 nitrogen and oxygen atoms in total. The molecule has 0 amide bonds. The summed E-state index contributed by atoms with van der Waals surface area (Å²) < 4.78 is 5.33. The minimum absolute atomic E-state index is 0.903. The van der Waals surface area contributed by atoms with Crippen LogP contribution in [0.15, 0.2) is 6.08 Å². The highest BCUT2D eigenvalue weighted by atomic mass is 16.5. The van der Waals surface area contributed by atoms with Gasteiger partial charge in [-0.3, -0.25) is 4.90 Å². The maximum Gasteiger partial charge on any atom is 0.120 e. The van der Waals surface area contributed by atoms with Gasteiger partial charge in [-0.2, -0.15) is 0 Å². The third kappa shape index (κ3) is 8.46. The van der Waals surface area contributed by atoms with Crippen LogP contribution < -0.4 is 0 Å². The summed E-state index contributed by atoms with van der Waals surface area (Å²) >= 11 is 0. The van der Waals surface area contributed by atoms with Crippen LogP contribution in [0.4, 0.5) is 0 Å². The number of carbonyl (C=O) groups excluding carboxylic acids is 1. The molecule has 0 aliphatic carbocycles. The molecule has 0 aromatic rings. The first-order valence-electron chi connectivity index (χ1n) is 7.43. The maximum absolute atomic E-state index is 9.95. The summed E-state index contributed by atoms with van der Waals surface area (Å²) in [4.78, 5) is 12.5. The Morgan fingerprint density at radius 2 is 1.56 bits per heavy atom. The molecule has 0 aromatic carbocycles. The van der Waals surface area contributed by atoms with Gasteiger partial charge in [0.1, 0.15) is 5.94 Å². The van der Waals surface area contributed by atoms with Crippen LogP contribution in [0.5, 0.6) is 0 Å². The van der Waals surface area contributed by atoms with Gasteiger partial charge in [-0.25, -0.2) is 4.79 Å². The van der Waals surface area contributed by atoms with E-state index in [9.17, 15) is 4.79 Å². The monoisotopic (exact) mass is 253 g/mol. The summed E-state index contributed by atoms with van der Waals surface area (Å²) in [6.45, 7) is 5.30. The third-order valence-corrected chi connectivity index (χ3v) is 3.51. The van der Waals surface area contributed by atoms with E-state index in [-0.39, 0.29) is 0 Å². The second-order valence-electron chi connectivity index (χ2n) is 5.04. The molecule has 104 valence electrons. The number of morpholine rings is 1. The molecule has 0 spiro atoms. The first-order chi connectivity index (χ1) is 8.93. The highest BCUT2D eigenvalue weighted by Crippen LogP contribution is 2.09. The van der Waals surface area contributed by atoms with Crippen molar-refractivity contribution in [3.8, 4) is 0 Å². The van der Waals surface area contributed by atoms with E-state index in [0.29, 0.717) is 0 Å². The quantitative estimate of drug-likeness (QED) is 0.443. The van der Waals surface area contributed by atoms with Crippen LogP contribution in [-0.2, 0) is 9.53 Å². The Kier molecular flexibility index (Phi) is 9.82. The van der Waals surface area contributed by atoms with E-state index in [2.05, 4.69) is 4.90 Å². The van der Waals surface area contributed by atoms with Gasteiger partial charge in [-0.1, -0.05) is 32.1 Å². The molecule has 1 aliphatic heterocycles. The third-order valence-electron chi connectivity index (χ3n) is 3.51. The molecule has 1 rings (SSSR count). The fraction of sp³-hybridized carbons (Fsp3) is 0.867. The number of hydrogen-bond donors (Lipinski definition) is 0. The van der Waals surface area contributed by atoms with Gasteiger partial charge in [-0.15, -0.1) is 0 Å². The summed E-state index contributed by atoms with van der Waals surface area (Å²) in [5.74, 6) is 1.83. The average molecular weight is 253 g/mol. The summed E-state index contributed by atoms with van der Waals surface area (Å²) in [7, 11) is 0. The Morgan fingerprint density at radius 3 is 2.22 bits per heavy atom. The number of nitrogens with zero attached hydrogens (tertiary/aromatic N) is 1. The van der Waals surface area contributed by atoms with Crippen molar-refractivity contribution in [2.24, 2.45) is 0 Å². The standard InChI is InChI=1S/C15H27NO2/c17-13-9-7-5-3-1-2-4-6-8-10-16-11-14-18-15-12-16/h9H,1-8,10-12,14-15H2. The van der Waals surface area contributed by atoms with E-state index in [1.165, 1.54) is 45.1 Å². The molecular formula is C15H27NO2. The van der Waals surface area contributed by atoms with Crippen LogP contribution >= 0.6 is 0 Å². The molecule has 1 fully saturated rings. The summed E-state index contributed by atoms with van der Waals surface area (Å²) in [5.41, 5.74) is 0. The highest BCUT2D eigenvalue weighted by molar-refractivity contribution is 5.44. The molecule has 1 aliphatic rings. The predicted octanol–water partition coefficient (Wildman–Crippen LogP) is 2.83. The van der Waals surface area contributed by atoms with E-state index in [0.717, 1.165) is 39.1 Å². The van der Waals surface area contributed by atoms with Crippen molar-refractivity contribution >= 4 is 5.94 Å². The number of rotatable bonds is 10. The van der Waals surface area contributed by atoms with Crippen LogP contribution in [0.1, 0.15) is 51.4 Å². The molecule has 18 heavy (non-hydrogen) atoms. The highest BCUT2D eigenvalue weighted by Gasteiger charge is 2.08. The lowest BCUT2D eigenvalue weighted by atomic mass is 10.1. The number of ether oxygens (including phenoxy) is 1. The second-order valence-corrected chi connectivity index (χ2v) is 5.04. The van der Waals surface area contributed by atoms with Gasteiger partial charge in [0.05, 0.1) is 13.2 Å². The number of unbranched alkanes of at least 4 members (excludes halogenated alkanes) is 7. The van der Waals surface area contributed by atoms with Gasteiger partial charge in [0.15, 0.2) is 0 Å². The molecule has 1 heterocycles. The van der Waals surface area contributed by atoms with Crippen LogP contribution in [0.3, 0.4) is 0 Å². The summed E-state index contributed by atoms with van der Waals surface area (Å²) in [6, 6.07) is 0. The predicted molar refractivity (Wildman–Crippen MR) is 74.5 cm³/mol. The lowest BCUT2D eigenvalue weighted by Gasteiger charge is -2.26. The lowest BCUT2D eigenvalue weighted by Crippen LogP contribution is -2.36. The fourth-order valence-electron chi connectivity index (χ4n) is 2.35. The molecule has 0 aromatic heterocycles. The Bertz CT molecular complexity index is 231. The van der Waals surface area contributed by atoms with Crippen molar-refractivity contribution < 1.29 is 9.53 Å². The van der Waals surface area contributed by atoms with Crippen molar-refractivity contribution in [2.45, 2.75) is 51.4 Å². The molecule has 0 unspecified atom stereocenters. The first-order valence-corrected chi connectivity index (χ1v) is 7.43. The van der Waals surface area contributed by atoms with E-state index in [4.69, 9.17) is 4.74 Å². The van der Waals surface area contributed by atoms with Gasteiger partial charge >= 0.3 is 0 Å². The normalized spacial score (nSPS) is 16.4. The molecular weight excluding hydrogens is 226 g/mol. The Morgan fingerprint density at radius 1 is 0.944 bits per heavy atom. The fourth-order valence-corrected chi connectivity index (χ4v) is 2.35. The van der Waals surface area contributed by atoms with Crippen LogP contribution in [0.25, 0.3) is 0 Å². The van der Waals surface area contributed by atoms with Crippen molar-refractivity contribution in [3.05, 3.63) is 6.08 Å². The van der Waals surface area contributed by atoms with Crippen molar-refractivity contribution in [1.82, 2.24) is 4.90 Å². The SMILES string of the molecule is O=C=CCCCCCCCCCN1CCOCC1. The Labute approximate surface area is 111 Å². The molecule has 0 atom stereocenters. The van der Waals surface area contributed by atoms with E-state index in [1.807, 2.05) is 5.94 Å². The van der Waals surface area contributed by atoms with Crippen LogP contribution in [0.2, 0.25) is 0 Å². The summed E-state index contributed by atoms with van der Waals surface area (Å²) in [5, 5.41) is 0. The number of allylic oxidation sites excluding steroid dienone is 1. The minimum Gasteiger partial charge on any atom is -0.379 e. The molecule has 0 saturated carbocycles. The van der Waals surface area contributed by atoms with Gasteiger partial charge < -0.3 is 4.74 Å². The maximum atomic E-state index is 9.95. The smallest absolute Gasteiger partial charge is 0.120 e. The molecule has 0 N–H and O–H groups in total. The zero-order valence-corrected chi connectivity index (χ0v) is 11.5. The molecule has 1 saturated heterocycles. The minimum atomic E-state index is 0.903.